The van der Waals surface area contributed by atoms with Crippen molar-refractivity contribution < 1.29 is 0 Å². The zero-order chi connectivity index (χ0) is 17.4. The largest absolute Gasteiger partial charge is 0.0654 e. The second-order valence-electron chi connectivity index (χ2n) is 9.18. The molecule has 6 unspecified atom stereocenters. The first-order valence-electron chi connectivity index (χ1n) is 10.9. The Morgan fingerprint density at radius 1 is 0.870 bits per heavy atom. The van der Waals surface area contributed by atoms with Gasteiger partial charge in [-0.2, -0.15) is 0 Å². The van der Waals surface area contributed by atoms with E-state index in [1.54, 1.807) is 0 Å². The summed E-state index contributed by atoms with van der Waals surface area (Å²) in [7, 11) is 0. The summed E-state index contributed by atoms with van der Waals surface area (Å²) in [6.45, 7) is 17.4. The molecule has 0 amide bonds. The van der Waals surface area contributed by atoms with Crippen LogP contribution in [0, 0.1) is 41.4 Å². The standard InChI is InChI=1S/C23H46/c1-8-10-15-22(20(7)17(3)4)23(19(6)13-9-2)21-16-12-11-14-18(21)5/h17-23H,8-16H2,1-7H3. The van der Waals surface area contributed by atoms with Crippen LogP contribution in [-0.2, 0) is 0 Å². The molecule has 1 aliphatic rings. The Kier molecular flexibility index (Phi) is 9.86. The average molecular weight is 323 g/mol. The third-order valence-electron chi connectivity index (χ3n) is 7.19. The van der Waals surface area contributed by atoms with E-state index >= 15 is 0 Å². The molecule has 0 heteroatoms. The molecule has 0 radical (unpaired) electrons. The maximum atomic E-state index is 2.58. The zero-order valence-electron chi connectivity index (χ0n) is 17.4. The van der Waals surface area contributed by atoms with Crippen molar-refractivity contribution in [2.75, 3.05) is 0 Å². The summed E-state index contributed by atoms with van der Waals surface area (Å²) in [6, 6.07) is 0. The molecule has 0 aliphatic heterocycles. The molecular weight excluding hydrogens is 276 g/mol. The quantitative estimate of drug-likeness (QED) is 0.382. The second-order valence-corrected chi connectivity index (χ2v) is 9.18. The van der Waals surface area contributed by atoms with E-state index in [9.17, 15) is 0 Å². The van der Waals surface area contributed by atoms with Crippen LogP contribution in [-0.4, -0.2) is 0 Å². The molecular formula is C23H46. The van der Waals surface area contributed by atoms with Crippen molar-refractivity contribution in [2.45, 2.75) is 106 Å². The van der Waals surface area contributed by atoms with Gasteiger partial charge in [0.15, 0.2) is 0 Å². The highest BCUT2D eigenvalue weighted by atomic mass is 14.4. The topological polar surface area (TPSA) is 0 Å². The van der Waals surface area contributed by atoms with E-state index in [1.165, 1.54) is 57.8 Å². The van der Waals surface area contributed by atoms with Crippen LogP contribution in [0.15, 0.2) is 0 Å². The summed E-state index contributed by atoms with van der Waals surface area (Å²) in [5.74, 6) is 6.47. The Morgan fingerprint density at radius 2 is 1.52 bits per heavy atom. The fourth-order valence-corrected chi connectivity index (χ4v) is 5.47. The molecule has 0 aromatic rings. The normalized spacial score (nSPS) is 27.7. The van der Waals surface area contributed by atoms with Crippen LogP contribution in [0.3, 0.4) is 0 Å². The van der Waals surface area contributed by atoms with Crippen molar-refractivity contribution in [1.29, 1.82) is 0 Å². The smallest absolute Gasteiger partial charge is 0.0326 e. The van der Waals surface area contributed by atoms with Gasteiger partial charge in [0.2, 0.25) is 0 Å². The first kappa shape index (κ1) is 21.0. The van der Waals surface area contributed by atoms with Crippen molar-refractivity contribution in [3.05, 3.63) is 0 Å². The number of rotatable bonds is 10. The van der Waals surface area contributed by atoms with Gasteiger partial charge in [0.05, 0.1) is 0 Å². The van der Waals surface area contributed by atoms with E-state index in [-0.39, 0.29) is 0 Å². The number of hydrogen-bond donors (Lipinski definition) is 0. The lowest BCUT2D eigenvalue weighted by atomic mass is 9.60. The monoisotopic (exact) mass is 322 g/mol. The van der Waals surface area contributed by atoms with Gasteiger partial charge in [0, 0.05) is 0 Å². The highest BCUT2D eigenvalue weighted by Crippen LogP contribution is 2.47. The maximum absolute atomic E-state index is 2.58. The summed E-state index contributed by atoms with van der Waals surface area (Å²) in [6.07, 6.45) is 13.0. The van der Waals surface area contributed by atoms with Gasteiger partial charge in [0.1, 0.15) is 0 Å². The Bertz CT molecular complexity index is 292. The van der Waals surface area contributed by atoms with Crippen LogP contribution in [0.25, 0.3) is 0 Å². The predicted octanol–water partition coefficient (Wildman–Crippen LogP) is 7.96. The molecule has 1 saturated carbocycles. The van der Waals surface area contributed by atoms with Crippen LogP contribution in [0.2, 0.25) is 0 Å². The first-order chi connectivity index (χ1) is 10.9. The second kappa shape index (κ2) is 10.8. The van der Waals surface area contributed by atoms with Crippen molar-refractivity contribution in [3.63, 3.8) is 0 Å². The van der Waals surface area contributed by atoms with Crippen LogP contribution in [0.1, 0.15) is 106 Å². The summed E-state index contributed by atoms with van der Waals surface area (Å²) < 4.78 is 0. The lowest BCUT2D eigenvalue weighted by molar-refractivity contribution is 0.0339. The molecule has 0 aromatic carbocycles. The van der Waals surface area contributed by atoms with Gasteiger partial charge in [-0.25, -0.2) is 0 Å². The maximum Gasteiger partial charge on any atom is -0.0326 e. The SMILES string of the molecule is CCCCC(C(C)C(C)C)C(C(C)CCC)C1CCCCC1C. The molecule has 0 bridgehead atoms. The van der Waals surface area contributed by atoms with E-state index < -0.39 is 0 Å². The van der Waals surface area contributed by atoms with E-state index in [2.05, 4.69) is 48.5 Å². The van der Waals surface area contributed by atoms with E-state index in [4.69, 9.17) is 0 Å². The fraction of sp³-hybridized carbons (Fsp3) is 1.00. The van der Waals surface area contributed by atoms with Gasteiger partial charge < -0.3 is 0 Å². The van der Waals surface area contributed by atoms with Crippen molar-refractivity contribution in [2.24, 2.45) is 41.4 Å². The van der Waals surface area contributed by atoms with E-state index in [1.807, 2.05) is 0 Å². The molecule has 1 aliphatic carbocycles. The fourth-order valence-electron chi connectivity index (χ4n) is 5.47. The molecule has 1 rings (SSSR count). The molecule has 1 fully saturated rings. The van der Waals surface area contributed by atoms with Crippen molar-refractivity contribution >= 4 is 0 Å². The molecule has 0 N–H and O–H groups in total. The molecule has 0 spiro atoms. The molecule has 23 heavy (non-hydrogen) atoms. The molecule has 0 heterocycles. The minimum Gasteiger partial charge on any atom is -0.0654 e. The van der Waals surface area contributed by atoms with Crippen LogP contribution >= 0.6 is 0 Å². The summed E-state index contributed by atoms with van der Waals surface area (Å²) in [5, 5.41) is 0. The van der Waals surface area contributed by atoms with E-state index in [0.29, 0.717) is 0 Å². The number of unbranched alkanes of at least 4 members (excludes halogenated alkanes) is 1. The zero-order valence-corrected chi connectivity index (χ0v) is 17.4. The van der Waals surface area contributed by atoms with Gasteiger partial charge in [-0.3, -0.25) is 0 Å². The first-order valence-corrected chi connectivity index (χ1v) is 10.9. The molecule has 138 valence electrons. The number of hydrogen-bond acceptors (Lipinski definition) is 0. The summed E-state index contributed by atoms with van der Waals surface area (Å²) >= 11 is 0. The lowest BCUT2D eigenvalue weighted by Gasteiger charge is -2.46. The highest BCUT2D eigenvalue weighted by Gasteiger charge is 2.39. The highest BCUT2D eigenvalue weighted by molar-refractivity contribution is 4.88. The van der Waals surface area contributed by atoms with Crippen LogP contribution < -0.4 is 0 Å². The van der Waals surface area contributed by atoms with Gasteiger partial charge in [-0.1, -0.05) is 93.4 Å². The Balaban J connectivity index is 3.04. The molecule has 0 aromatic heterocycles. The Labute approximate surface area is 148 Å². The van der Waals surface area contributed by atoms with Crippen molar-refractivity contribution in [3.8, 4) is 0 Å². The lowest BCUT2D eigenvalue weighted by Crippen LogP contribution is -2.38. The van der Waals surface area contributed by atoms with Crippen molar-refractivity contribution in [1.82, 2.24) is 0 Å². The predicted molar refractivity (Wildman–Crippen MR) is 106 cm³/mol. The van der Waals surface area contributed by atoms with Crippen LogP contribution in [0.4, 0.5) is 0 Å². The molecule has 0 saturated heterocycles. The summed E-state index contributed by atoms with van der Waals surface area (Å²) in [5.41, 5.74) is 0. The van der Waals surface area contributed by atoms with Gasteiger partial charge in [-0.05, 0) is 54.3 Å². The average Bonchev–Trinajstić information content (AvgIpc) is 2.52. The Morgan fingerprint density at radius 3 is 2.04 bits per heavy atom. The summed E-state index contributed by atoms with van der Waals surface area (Å²) in [4.78, 5) is 0. The van der Waals surface area contributed by atoms with Gasteiger partial charge >= 0.3 is 0 Å². The van der Waals surface area contributed by atoms with Crippen LogP contribution in [0.5, 0.6) is 0 Å². The third kappa shape index (κ3) is 6.09. The molecule has 6 atom stereocenters. The van der Waals surface area contributed by atoms with Gasteiger partial charge in [-0.15, -0.1) is 0 Å². The minimum absolute atomic E-state index is 0.826. The third-order valence-corrected chi connectivity index (χ3v) is 7.19. The Hall–Kier alpha value is 0. The van der Waals surface area contributed by atoms with E-state index in [0.717, 1.165) is 41.4 Å². The minimum atomic E-state index is 0.826. The molecule has 0 nitrogen and oxygen atoms in total. The van der Waals surface area contributed by atoms with Gasteiger partial charge in [0.25, 0.3) is 0 Å².